The number of Topliss-reactive ketones (excluding diaryl/α,β-unsaturated/α-hetero) is 1. The molecule has 0 aromatic heterocycles. The maximum absolute atomic E-state index is 12.7. The summed E-state index contributed by atoms with van der Waals surface area (Å²) in [5.41, 5.74) is 4.83. The van der Waals surface area contributed by atoms with Gasteiger partial charge in [0.2, 0.25) is 0 Å². The molecule has 23 heavy (non-hydrogen) atoms. The number of hydrogen-bond donors (Lipinski definition) is 0. The van der Waals surface area contributed by atoms with E-state index in [4.69, 9.17) is 0 Å². The number of fused-ring (bicyclic) bond motifs is 1. The van der Waals surface area contributed by atoms with E-state index in [0.717, 1.165) is 22.4 Å². The fourth-order valence-corrected chi connectivity index (χ4v) is 2.99. The second kappa shape index (κ2) is 5.99. The highest BCUT2D eigenvalue weighted by Gasteiger charge is 2.28. The minimum absolute atomic E-state index is 0.0164. The molecule has 0 spiro atoms. The Morgan fingerprint density at radius 3 is 2.43 bits per heavy atom. The molecule has 3 nitrogen and oxygen atoms in total. The van der Waals surface area contributed by atoms with Crippen molar-refractivity contribution in [2.75, 3.05) is 4.90 Å². The lowest BCUT2D eigenvalue weighted by molar-refractivity contribution is -0.116. The molecule has 0 fully saturated rings. The van der Waals surface area contributed by atoms with Crippen molar-refractivity contribution in [1.29, 1.82) is 0 Å². The van der Waals surface area contributed by atoms with Crippen LogP contribution in [0.4, 0.5) is 5.69 Å². The number of rotatable bonds is 4. The molecule has 0 saturated carbocycles. The zero-order valence-electron chi connectivity index (χ0n) is 13.8. The van der Waals surface area contributed by atoms with E-state index in [0.29, 0.717) is 18.9 Å². The maximum Gasteiger partial charge on any atom is 0.258 e. The first-order valence-electron chi connectivity index (χ1n) is 7.99. The van der Waals surface area contributed by atoms with Crippen LogP contribution in [-0.4, -0.2) is 11.7 Å². The molecular weight excluding hydrogens is 286 g/mol. The number of carbonyl (C=O) groups excluding carboxylic acids is 2. The van der Waals surface area contributed by atoms with Gasteiger partial charge in [-0.15, -0.1) is 0 Å². The van der Waals surface area contributed by atoms with Crippen LogP contribution >= 0.6 is 0 Å². The fraction of sp³-hybridized carbons (Fsp3) is 0.300. The van der Waals surface area contributed by atoms with Gasteiger partial charge in [-0.25, -0.2) is 0 Å². The normalized spacial score (nSPS) is 13.6. The van der Waals surface area contributed by atoms with Crippen molar-refractivity contribution in [3.8, 4) is 0 Å². The first-order valence-corrected chi connectivity index (χ1v) is 7.99. The molecule has 0 N–H and O–H groups in total. The van der Waals surface area contributed by atoms with Gasteiger partial charge in [-0.3, -0.25) is 9.59 Å². The first-order chi connectivity index (χ1) is 11.0. The Balaban J connectivity index is 1.87. The molecule has 0 radical (unpaired) electrons. The highest BCUT2D eigenvalue weighted by Crippen LogP contribution is 2.30. The smallest absolute Gasteiger partial charge is 0.258 e. The summed E-state index contributed by atoms with van der Waals surface area (Å²) in [6, 6.07) is 14.0. The summed E-state index contributed by atoms with van der Waals surface area (Å²) in [6.45, 7) is 6.47. The third-order valence-corrected chi connectivity index (χ3v) is 4.30. The van der Waals surface area contributed by atoms with Gasteiger partial charge in [-0.2, -0.15) is 0 Å². The number of nitrogens with zero attached hydrogens (tertiary/aromatic N) is 1. The average molecular weight is 307 g/mol. The molecule has 2 aromatic rings. The average Bonchev–Trinajstić information content (AvgIpc) is 2.84. The van der Waals surface area contributed by atoms with Gasteiger partial charge < -0.3 is 4.90 Å². The van der Waals surface area contributed by atoms with E-state index in [9.17, 15) is 9.59 Å². The van der Waals surface area contributed by atoms with Crippen molar-refractivity contribution in [1.82, 2.24) is 0 Å². The van der Waals surface area contributed by atoms with Crippen molar-refractivity contribution in [3.05, 3.63) is 64.7 Å². The maximum atomic E-state index is 12.7. The van der Waals surface area contributed by atoms with E-state index in [2.05, 4.69) is 26.0 Å². The molecule has 3 heteroatoms. The number of benzene rings is 2. The lowest BCUT2D eigenvalue weighted by atomic mass is 10.0. The monoisotopic (exact) mass is 307 g/mol. The Bertz CT molecular complexity index is 760. The minimum Gasteiger partial charge on any atom is -0.304 e. The third kappa shape index (κ3) is 3.04. The Hall–Kier alpha value is -2.42. The first kappa shape index (κ1) is 15.5. The Morgan fingerprint density at radius 2 is 1.83 bits per heavy atom. The van der Waals surface area contributed by atoms with Crippen LogP contribution in [0.1, 0.15) is 53.7 Å². The van der Waals surface area contributed by atoms with Crippen molar-refractivity contribution in [2.24, 2.45) is 0 Å². The van der Waals surface area contributed by atoms with Crippen LogP contribution in [0.25, 0.3) is 0 Å². The second-order valence-corrected chi connectivity index (χ2v) is 6.51. The summed E-state index contributed by atoms with van der Waals surface area (Å²) >= 11 is 0. The molecule has 0 unspecified atom stereocenters. The third-order valence-electron chi connectivity index (χ3n) is 4.30. The van der Waals surface area contributed by atoms with Gasteiger partial charge in [-0.1, -0.05) is 38.1 Å². The van der Waals surface area contributed by atoms with Crippen LogP contribution < -0.4 is 4.90 Å². The highest BCUT2D eigenvalue weighted by atomic mass is 16.2. The molecule has 0 aliphatic carbocycles. The van der Waals surface area contributed by atoms with Crippen molar-refractivity contribution < 1.29 is 9.59 Å². The molecule has 118 valence electrons. The number of hydrogen-bond acceptors (Lipinski definition) is 2. The van der Waals surface area contributed by atoms with Crippen LogP contribution in [0.2, 0.25) is 0 Å². The van der Waals surface area contributed by atoms with Crippen LogP contribution in [0.5, 0.6) is 0 Å². The van der Waals surface area contributed by atoms with E-state index in [1.165, 1.54) is 5.56 Å². The van der Waals surface area contributed by atoms with E-state index >= 15 is 0 Å². The second-order valence-electron chi connectivity index (χ2n) is 6.51. The van der Waals surface area contributed by atoms with E-state index < -0.39 is 0 Å². The summed E-state index contributed by atoms with van der Waals surface area (Å²) in [6.07, 6.45) is 0.379. The standard InChI is InChI=1S/C20H21NO2/c1-13(2)16-6-8-18(9-7-16)21-12-17-5-4-15(10-14(3)22)11-19(17)20(21)23/h4-9,11,13H,10,12H2,1-3H3. The van der Waals surface area contributed by atoms with Crippen LogP contribution in [0.3, 0.4) is 0 Å². The van der Waals surface area contributed by atoms with Gasteiger partial charge in [0.05, 0.1) is 6.54 Å². The fourth-order valence-electron chi connectivity index (χ4n) is 2.99. The molecule has 3 rings (SSSR count). The molecule has 0 saturated heterocycles. The van der Waals surface area contributed by atoms with E-state index in [1.807, 2.05) is 30.3 Å². The highest BCUT2D eigenvalue weighted by molar-refractivity contribution is 6.10. The predicted molar refractivity (Wildman–Crippen MR) is 91.9 cm³/mol. The van der Waals surface area contributed by atoms with E-state index in [1.54, 1.807) is 11.8 Å². The van der Waals surface area contributed by atoms with Crippen molar-refractivity contribution in [3.63, 3.8) is 0 Å². The van der Waals surface area contributed by atoms with E-state index in [-0.39, 0.29) is 11.7 Å². The number of anilines is 1. The molecule has 1 aliphatic rings. The number of amides is 1. The van der Waals surface area contributed by atoms with Gasteiger partial charge in [0.1, 0.15) is 5.78 Å². The lowest BCUT2D eigenvalue weighted by Gasteiger charge is -2.16. The van der Waals surface area contributed by atoms with Gasteiger partial charge in [-0.05, 0) is 47.7 Å². The Kier molecular flexibility index (Phi) is 4.03. The quantitative estimate of drug-likeness (QED) is 0.852. The summed E-state index contributed by atoms with van der Waals surface area (Å²) in [4.78, 5) is 25.8. The van der Waals surface area contributed by atoms with Crippen molar-refractivity contribution in [2.45, 2.75) is 39.7 Å². The number of ketones is 1. The van der Waals surface area contributed by atoms with Crippen LogP contribution in [0, 0.1) is 0 Å². The van der Waals surface area contributed by atoms with Crippen LogP contribution in [0.15, 0.2) is 42.5 Å². The molecule has 0 atom stereocenters. The minimum atomic E-state index is 0.0164. The molecule has 1 aliphatic heterocycles. The van der Waals surface area contributed by atoms with Crippen LogP contribution in [-0.2, 0) is 17.8 Å². The van der Waals surface area contributed by atoms with Crippen molar-refractivity contribution >= 4 is 17.4 Å². The number of carbonyl (C=O) groups is 2. The summed E-state index contributed by atoms with van der Waals surface area (Å²) < 4.78 is 0. The Labute approximate surface area is 136 Å². The zero-order chi connectivity index (χ0) is 16.6. The zero-order valence-corrected chi connectivity index (χ0v) is 13.8. The summed E-state index contributed by atoms with van der Waals surface area (Å²) in [7, 11) is 0. The summed E-state index contributed by atoms with van der Waals surface area (Å²) in [5.74, 6) is 0.601. The lowest BCUT2D eigenvalue weighted by Crippen LogP contribution is -2.22. The summed E-state index contributed by atoms with van der Waals surface area (Å²) in [5, 5.41) is 0. The van der Waals surface area contributed by atoms with Gasteiger partial charge in [0.15, 0.2) is 0 Å². The SMILES string of the molecule is CC(=O)Cc1ccc2c(c1)C(=O)N(c1ccc(C(C)C)cc1)C2. The molecular formula is C20H21NO2. The topological polar surface area (TPSA) is 37.4 Å². The van der Waals surface area contributed by atoms with Gasteiger partial charge in [0, 0.05) is 17.7 Å². The predicted octanol–water partition coefficient (Wildman–Crippen LogP) is 4.10. The molecule has 1 heterocycles. The molecule has 2 aromatic carbocycles. The Morgan fingerprint density at radius 1 is 1.13 bits per heavy atom. The molecule has 0 bridgehead atoms. The largest absolute Gasteiger partial charge is 0.304 e. The molecule has 1 amide bonds. The van der Waals surface area contributed by atoms with Gasteiger partial charge in [0.25, 0.3) is 5.91 Å². The van der Waals surface area contributed by atoms with Gasteiger partial charge >= 0.3 is 0 Å².